The number of imidazole rings is 1. The summed E-state index contributed by atoms with van der Waals surface area (Å²) < 4.78 is 2.48. The van der Waals surface area contributed by atoms with E-state index in [-0.39, 0.29) is 5.91 Å². The largest absolute Gasteiger partial charge is 0.361 e. The molecule has 1 amide bonds. The summed E-state index contributed by atoms with van der Waals surface area (Å²) in [6.07, 6.45) is 11.4. The summed E-state index contributed by atoms with van der Waals surface area (Å²) in [6, 6.07) is 8.80. The first-order valence-electron chi connectivity index (χ1n) is 11.1. The van der Waals surface area contributed by atoms with Crippen LogP contribution in [0, 0.1) is 6.92 Å². The van der Waals surface area contributed by atoms with Crippen LogP contribution in [0.2, 0.25) is 0 Å². The van der Waals surface area contributed by atoms with Crippen LogP contribution < -0.4 is 0 Å². The van der Waals surface area contributed by atoms with E-state index in [0.29, 0.717) is 18.4 Å². The van der Waals surface area contributed by atoms with Crippen molar-refractivity contribution in [3.63, 3.8) is 0 Å². The second-order valence-corrected chi connectivity index (χ2v) is 8.73. The predicted octanol–water partition coefficient (Wildman–Crippen LogP) is 4.74. The maximum Gasteiger partial charge on any atom is 0.222 e. The number of nitrogens with zero attached hydrogens (tertiary/aromatic N) is 3. The van der Waals surface area contributed by atoms with Gasteiger partial charge in [-0.25, -0.2) is 4.98 Å². The highest BCUT2D eigenvalue weighted by Gasteiger charge is 2.30. The molecule has 1 aliphatic heterocycles. The van der Waals surface area contributed by atoms with E-state index in [4.69, 9.17) is 4.98 Å². The third-order valence-corrected chi connectivity index (χ3v) is 6.95. The minimum Gasteiger partial charge on any atom is -0.361 e. The fraction of sp³-hybridized carbons (Fsp3) is 0.500. The van der Waals surface area contributed by atoms with Crippen molar-refractivity contribution in [2.24, 2.45) is 0 Å². The Morgan fingerprint density at radius 1 is 1.17 bits per heavy atom. The topological polar surface area (TPSA) is 53.9 Å². The highest BCUT2D eigenvalue weighted by atomic mass is 16.2. The van der Waals surface area contributed by atoms with Gasteiger partial charge in [0.05, 0.1) is 0 Å². The Morgan fingerprint density at radius 2 is 1.97 bits per heavy atom. The SMILES string of the molecule is Cc1cnc(C2CCC2)n1C1CCN(C(=O)CCc2c[nH]c3ccccc23)CC1. The van der Waals surface area contributed by atoms with Gasteiger partial charge >= 0.3 is 0 Å². The molecule has 1 saturated carbocycles. The van der Waals surface area contributed by atoms with E-state index < -0.39 is 0 Å². The van der Waals surface area contributed by atoms with E-state index in [0.717, 1.165) is 37.9 Å². The van der Waals surface area contributed by atoms with Crippen LogP contribution >= 0.6 is 0 Å². The van der Waals surface area contributed by atoms with Gasteiger partial charge in [-0.05, 0) is 50.7 Å². The number of piperidine rings is 1. The van der Waals surface area contributed by atoms with Gasteiger partial charge in [-0.3, -0.25) is 4.79 Å². The van der Waals surface area contributed by atoms with Crippen molar-refractivity contribution >= 4 is 16.8 Å². The normalized spacial score (nSPS) is 18.3. The van der Waals surface area contributed by atoms with E-state index >= 15 is 0 Å². The molecule has 1 N–H and O–H groups in total. The minimum absolute atomic E-state index is 0.287. The molecular weight excluding hydrogens is 360 g/mol. The fourth-order valence-corrected chi connectivity index (χ4v) is 5.02. The van der Waals surface area contributed by atoms with Crippen molar-refractivity contribution in [3.8, 4) is 0 Å². The monoisotopic (exact) mass is 390 g/mol. The molecule has 3 heterocycles. The van der Waals surface area contributed by atoms with Gasteiger partial charge in [-0.1, -0.05) is 24.6 Å². The highest BCUT2D eigenvalue weighted by molar-refractivity contribution is 5.84. The van der Waals surface area contributed by atoms with Gasteiger partial charge in [0.25, 0.3) is 0 Å². The number of benzene rings is 1. The average molecular weight is 391 g/mol. The van der Waals surface area contributed by atoms with Crippen LogP contribution in [-0.4, -0.2) is 38.4 Å². The number of carbonyl (C=O) groups excluding carboxylic acids is 1. The fourth-order valence-electron chi connectivity index (χ4n) is 5.02. The van der Waals surface area contributed by atoms with Crippen LogP contribution in [-0.2, 0) is 11.2 Å². The third kappa shape index (κ3) is 3.47. The van der Waals surface area contributed by atoms with Crippen LogP contribution in [0.5, 0.6) is 0 Å². The zero-order valence-electron chi connectivity index (χ0n) is 17.2. The molecule has 152 valence electrons. The van der Waals surface area contributed by atoms with Crippen molar-refractivity contribution in [2.45, 2.75) is 63.8 Å². The molecule has 0 spiro atoms. The van der Waals surface area contributed by atoms with Gasteiger partial charge in [-0.15, -0.1) is 0 Å². The van der Waals surface area contributed by atoms with Crippen LogP contribution in [0.3, 0.4) is 0 Å². The molecule has 5 rings (SSSR count). The van der Waals surface area contributed by atoms with Crippen molar-refractivity contribution in [2.75, 3.05) is 13.1 Å². The Labute approximate surface area is 172 Å². The number of aromatic amines is 1. The number of carbonyl (C=O) groups is 1. The molecule has 0 radical (unpaired) electrons. The Balaban J connectivity index is 1.19. The Bertz CT molecular complexity index is 1000. The lowest BCUT2D eigenvalue weighted by Gasteiger charge is -2.36. The Kier molecular flexibility index (Phi) is 4.90. The van der Waals surface area contributed by atoms with Gasteiger partial charge in [0, 0.05) is 60.5 Å². The first kappa shape index (κ1) is 18.5. The number of nitrogens with one attached hydrogen (secondary N) is 1. The number of hydrogen-bond acceptors (Lipinski definition) is 2. The molecular formula is C24H30N4O. The lowest BCUT2D eigenvalue weighted by atomic mass is 9.84. The van der Waals surface area contributed by atoms with Crippen molar-refractivity contribution in [1.29, 1.82) is 0 Å². The molecule has 3 aromatic rings. The lowest BCUT2D eigenvalue weighted by molar-refractivity contribution is -0.132. The number of rotatable bonds is 5. The number of aromatic nitrogens is 3. The zero-order chi connectivity index (χ0) is 19.8. The standard InChI is InChI=1S/C24H30N4O/c1-17-15-26-24(18-5-4-6-18)28(17)20-11-13-27(14-12-20)23(29)10-9-19-16-25-22-8-3-2-7-21(19)22/h2-3,7-8,15-16,18,20,25H,4-6,9-14H2,1H3. The average Bonchev–Trinajstić information content (AvgIpc) is 3.29. The molecule has 2 fully saturated rings. The van der Waals surface area contributed by atoms with Gasteiger partial charge in [0.15, 0.2) is 0 Å². The molecule has 1 aliphatic carbocycles. The molecule has 1 aromatic carbocycles. The summed E-state index contributed by atoms with van der Waals surface area (Å²) >= 11 is 0. The van der Waals surface area contributed by atoms with Crippen LogP contribution in [0.15, 0.2) is 36.7 Å². The molecule has 1 saturated heterocycles. The molecule has 5 nitrogen and oxygen atoms in total. The number of hydrogen-bond donors (Lipinski definition) is 1. The first-order valence-corrected chi connectivity index (χ1v) is 11.1. The lowest BCUT2D eigenvalue weighted by Crippen LogP contribution is -2.39. The summed E-state index contributed by atoms with van der Waals surface area (Å²) in [7, 11) is 0. The summed E-state index contributed by atoms with van der Waals surface area (Å²) in [6.45, 7) is 3.89. The van der Waals surface area contributed by atoms with E-state index in [1.807, 2.05) is 18.5 Å². The molecule has 0 bridgehead atoms. The third-order valence-electron chi connectivity index (χ3n) is 6.95. The highest BCUT2D eigenvalue weighted by Crippen LogP contribution is 2.38. The number of amides is 1. The molecule has 0 atom stereocenters. The minimum atomic E-state index is 0.287. The van der Waals surface area contributed by atoms with E-state index in [2.05, 4.69) is 39.6 Å². The maximum atomic E-state index is 12.8. The van der Waals surface area contributed by atoms with Crippen molar-refractivity contribution < 1.29 is 4.79 Å². The summed E-state index contributed by atoms with van der Waals surface area (Å²) in [5, 5.41) is 1.23. The first-order chi connectivity index (χ1) is 14.2. The van der Waals surface area contributed by atoms with Crippen LogP contribution in [0.1, 0.15) is 67.6 Å². The van der Waals surface area contributed by atoms with Gasteiger partial charge < -0.3 is 14.5 Å². The van der Waals surface area contributed by atoms with Crippen LogP contribution in [0.4, 0.5) is 0 Å². The predicted molar refractivity (Wildman–Crippen MR) is 115 cm³/mol. The molecule has 2 aliphatic rings. The summed E-state index contributed by atoms with van der Waals surface area (Å²) in [4.78, 5) is 22.9. The Morgan fingerprint density at radius 3 is 2.72 bits per heavy atom. The van der Waals surface area contributed by atoms with Crippen molar-refractivity contribution in [1.82, 2.24) is 19.4 Å². The van der Waals surface area contributed by atoms with Crippen LogP contribution in [0.25, 0.3) is 10.9 Å². The molecule has 0 unspecified atom stereocenters. The van der Waals surface area contributed by atoms with Gasteiger partial charge in [0.2, 0.25) is 5.91 Å². The zero-order valence-corrected chi connectivity index (χ0v) is 17.2. The summed E-state index contributed by atoms with van der Waals surface area (Å²) in [5.41, 5.74) is 3.66. The Hall–Kier alpha value is -2.56. The molecule has 5 heteroatoms. The van der Waals surface area contributed by atoms with E-state index in [1.54, 1.807) is 0 Å². The van der Waals surface area contributed by atoms with Gasteiger partial charge in [-0.2, -0.15) is 0 Å². The van der Waals surface area contributed by atoms with Gasteiger partial charge in [0.1, 0.15) is 5.82 Å². The van der Waals surface area contributed by atoms with E-state index in [1.165, 1.54) is 41.7 Å². The number of likely N-dealkylation sites (tertiary alicyclic amines) is 1. The number of fused-ring (bicyclic) bond motifs is 1. The molecule has 2 aromatic heterocycles. The number of para-hydroxylation sites is 1. The summed E-state index contributed by atoms with van der Waals surface area (Å²) in [5.74, 6) is 2.23. The van der Waals surface area contributed by atoms with Crippen molar-refractivity contribution in [3.05, 3.63) is 53.7 Å². The quantitative estimate of drug-likeness (QED) is 0.684. The maximum absolute atomic E-state index is 12.8. The molecule has 29 heavy (non-hydrogen) atoms. The smallest absolute Gasteiger partial charge is 0.222 e. The second kappa shape index (κ2) is 7.69. The van der Waals surface area contributed by atoms with E-state index in [9.17, 15) is 4.79 Å². The second-order valence-electron chi connectivity index (χ2n) is 8.73. The number of aryl methyl sites for hydroxylation is 2. The number of H-pyrrole nitrogens is 1.